The van der Waals surface area contributed by atoms with E-state index in [1.54, 1.807) is 44.4 Å². The van der Waals surface area contributed by atoms with Gasteiger partial charge in [-0.3, -0.25) is 4.79 Å². The molecule has 0 atom stereocenters. The molecule has 1 amide bonds. The van der Waals surface area contributed by atoms with Crippen molar-refractivity contribution < 1.29 is 9.53 Å². The molecule has 0 saturated heterocycles. The fourth-order valence-electron chi connectivity index (χ4n) is 1.78. The average Bonchev–Trinajstić information content (AvgIpc) is 2.49. The van der Waals surface area contributed by atoms with Crippen molar-refractivity contribution in [1.29, 1.82) is 0 Å². The second kappa shape index (κ2) is 7.72. The number of nitrogens with zero attached hydrogens (tertiary/aromatic N) is 2. The Morgan fingerprint density at radius 2 is 2.09 bits per heavy atom. The number of halogens is 1. The summed E-state index contributed by atoms with van der Waals surface area (Å²) in [5.74, 6) is 0.0507. The Bertz CT molecular complexity index is 664. The highest BCUT2D eigenvalue weighted by Gasteiger charge is 2.12. The zero-order valence-corrected chi connectivity index (χ0v) is 13.1. The van der Waals surface area contributed by atoms with E-state index in [0.717, 1.165) is 0 Å². The van der Waals surface area contributed by atoms with Gasteiger partial charge in [0, 0.05) is 19.3 Å². The molecule has 2 rings (SSSR count). The van der Waals surface area contributed by atoms with Gasteiger partial charge in [0.15, 0.2) is 0 Å². The Balaban J connectivity index is 2.13. The monoisotopic (exact) mass is 320 g/mol. The number of ether oxygens (including phenoxy) is 1. The van der Waals surface area contributed by atoms with Crippen molar-refractivity contribution in [1.82, 2.24) is 9.97 Å². The topological polar surface area (TPSA) is 76.1 Å². The lowest BCUT2D eigenvalue weighted by Crippen LogP contribution is -2.17. The maximum atomic E-state index is 12.3. The Morgan fingerprint density at radius 3 is 2.82 bits per heavy atom. The van der Waals surface area contributed by atoms with Crippen LogP contribution in [0.1, 0.15) is 16.2 Å². The summed E-state index contributed by atoms with van der Waals surface area (Å²) in [5.41, 5.74) is 1.51. The molecular weight excluding hydrogens is 304 g/mol. The average molecular weight is 321 g/mol. The van der Waals surface area contributed by atoms with Crippen LogP contribution in [0.3, 0.4) is 0 Å². The third-order valence-electron chi connectivity index (χ3n) is 2.80. The van der Waals surface area contributed by atoms with Crippen LogP contribution in [0.5, 0.6) is 0 Å². The van der Waals surface area contributed by atoms with Crippen LogP contribution in [0.15, 0.2) is 30.3 Å². The van der Waals surface area contributed by atoms with Crippen molar-refractivity contribution >= 4 is 29.1 Å². The molecule has 0 aliphatic carbocycles. The second-order valence-corrected chi connectivity index (χ2v) is 4.98. The molecule has 2 N–H and O–H groups in total. The predicted molar refractivity (Wildman–Crippen MR) is 86.5 cm³/mol. The highest BCUT2D eigenvalue weighted by atomic mass is 35.5. The fraction of sp³-hybridized carbons (Fsp3) is 0.267. The molecule has 1 aromatic carbocycles. The molecule has 1 aromatic heterocycles. The number of carbonyl (C=O) groups is 1. The van der Waals surface area contributed by atoms with Gasteiger partial charge in [0.25, 0.3) is 5.91 Å². The Kier molecular flexibility index (Phi) is 5.68. The van der Waals surface area contributed by atoms with Crippen molar-refractivity contribution in [2.75, 3.05) is 30.9 Å². The molecule has 22 heavy (non-hydrogen) atoms. The molecule has 0 unspecified atom stereocenters. The number of nitrogens with one attached hydrogen (secondary N) is 2. The maximum Gasteiger partial charge on any atom is 0.274 e. The van der Waals surface area contributed by atoms with Gasteiger partial charge in [-0.15, -0.1) is 0 Å². The van der Waals surface area contributed by atoms with Crippen LogP contribution in [-0.4, -0.2) is 36.1 Å². The SMILES string of the molecule is COCCNc1nc(C)cc(C(=O)Nc2ccccc2Cl)n1. The molecule has 0 radical (unpaired) electrons. The van der Waals surface area contributed by atoms with Crippen LogP contribution < -0.4 is 10.6 Å². The quantitative estimate of drug-likeness (QED) is 0.800. The van der Waals surface area contributed by atoms with Gasteiger partial charge < -0.3 is 15.4 Å². The van der Waals surface area contributed by atoms with Crippen LogP contribution in [0.25, 0.3) is 0 Å². The molecular formula is C15H17ClN4O2. The Labute approximate surface area is 133 Å². The largest absolute Gasteiger partial charge is 0.383 e. The minimum absolute atomic E-state index is 0.271. The van der Waals surface area contributed by atoms with Crippen molar-refractivity contribution in [3.05, 3.63) is 46.7 Å². The predicted octanol–water partition coefficient (Wildman–Crippen LogP) is 2.75. The van der Waals surface area contributed by atoms with Gasteiger partial charge in [-0.25, -0.2) is 9.97 Å². The van der Waals surface area contributed by atoms with E-state index >= 15 is 0 Å². The van der Waals surface area contributed by atoms with Gasteiger partial charge >= 0.3 is 0 Å². The summed E-state index contributed by atoms with van der Waals surface area (Å²) in [7, 11) is 1.61. The molecule has 116 valence electrons. The first-order valence-corrected chi connectivity index (χ1v) is 7.12. The number of hydrogen-bond donors (Lipinski definition) is 2. The lowest BCUT2D eigenvalue weighted by Gasteiger charge is -2.09. The molecule has 6 nitrogen and oxygen atoms in total. The summed E-state index contributed by atoms with van der Waals surface area (Å²) in [6.45, 7) is 2.89. The van der Waals surface area contributed by atoms with Crippen LogP contribution >= 0.6 is 11.6 Å². The smallest absolute Gasteiger partial charge is 0.274 e. The first-order valence-electron chi connectivity index (χ1n) is 6.74. The fourth-order valence-corrected chi connectivity index (χ4v) is 1.96. The normalized spacial score (nSPS) is 10.3. The van der Waals surface area contributed by atoms with E-state index < -0.39 is 0 Å². The highest BCUT2D eigenvalue weighted by Crippen LogP contribution is 2.21. The van der Waals surface area contributed by atoms with Gasteiger partial charge in [-0.1, -0.05) is 23.7 Å². The minimum atomic E-state index is -0.339. The molecule has 0 spiro atoms. The van der Waals surface area contributed by atoms with E-state index in [2.05, 4.69) is 20.6 Å². The Hall–Kier alpha value is -2.18. The zero-order chi connectivity index (χ0) is 15.9. The van der Waals surface area contributed by atoms with Crippen molar-refractivity contribution in [3.8, 4) is 0 Å². The molecule has 0 fully saturated rings. The third-order valence-corrected chi connectivity index (χ3v) is 3.13. The number of hydrogen-bond acceptors (Lipinski definition) is 5. The summed E-state index contributed by atoms with van der Waals surface area (Å²) in [4.78, 5) is 20.7. The minimum Gasteiger partial charge on any atom is -0.383 e. The third kappa shape index (κ3) is 4.41. The number of aryl methyl sites for hydroxylation is 1. The number of rotatable bonds is 6. The van der Waals surface area contributed by atoms with E-state index in [1.165, 1.54) is 0 Å². The molecule has 1 heterocycles. The lowest BCUT2D eigenvalue weighted by atomic mass is 10.3. The standard InChI is InChI=1S/C15H17ClN4O2/c1-10-9-13(20-15(18-10)17-7-8-22-2)14(21)19-12-6-4-3-5-11(12)16/h3-6,9H,7-8H2,1-2H3,(H,19,21)(H,17,18,20). The number of carbonyl (C=O) groups excluding carboxylic acids is 1. The number of para-hydroxylation sites is 1. The summed E-state index contributed by atoms with van der Waals surface area (Å²) < 4.78 is 4.95. The van der Waals surface area contributed by atoms with Gasteiger partial charge in [0.1, 0.15) is 5.69 Å². The summed E-state index contributed by atoms with van der Waals surface area (Å²) in [6, 6.07) is 8.65. The van der Waals surface area contributed by atoms with Crippen LogP contribution in [0.4, 0.5) is 11.6 Å². The second-order valence-electron chi connectivity index (χ2n) is 4.57. The van der Waals surface area contributed by atoms with Gasteiger partial charge in [0.05, 0.1) is 17.3 Å². The van der Waals surface area contributed by atoms with Crippen LogP contribution in [0.2, 0.25) is 5.02 Å². The van der Waals surface area contributed by atoms with E-state index in [1.807, 2.05) is 0 Å². The van der Waals surface area contributed by atoms with E-state index in [9.17, 15) is 4.79 Å². The van der Waals surface area contributed by atoms with Gasteiger partial charge in [0.2, 0.25) is 5.95 Å². The summed E-state index contributed by atoms with van der Waals surface area (Å²) in [6.07, 6.45) is 0. The Morgan fingerprint density at radius 1 is 1.32 bits per heavy atom. The van der Waals surface area contributed by atoms with E-state index in [4.69, 9.17) is 16.3 Å². The van der Waals surface area contributed by atoms with Gasteiger partial charge in [-0.2, -0.15) is 0 Å². The number of amides is 1. The summed E-state index contributed by atoms with van der Waals surface area (Å²) >= 11 is 6.03. The number of methoxy groups -OCH3 is 1. The van der Waals surface area contributed by atoms with Crippen molar-refractivity contribution in [2.24, 2.45) is 0 Å². The number of benzene rings is 1. The molecule has 0 bridgehead atoms. The summed E-state index contributed by atoms with van der Waals surface area (Å²) in [5, 5.41) is 6.21. The molecule has 0 aliphatic rings. The van der Waals surface area contributed by atoms with E-state index in [-0.39, 0.29) is 11.6 Å². The van der Waals surface area contributed by atoms with Crippen molar-refractivity contribution in [3.63, 3.8) is 0 Å². The lowest BCUT2D eigenvalue weighted by molar-refractivity contribution is 0.102. The molecule has 0 aliphatic heterocycles. The first kappa shape index (κ1) is 16.2. The van der Waals surface area contributed by atoms with Crippen LogP contribution in [-0.2, 0) is 4.74 Å². The zero-order valence-electron chi connectivity index (χ0n) is 12.4. The highest BCUT2D eigenvalue weighted by molar-refractivity contribution is 6.33. The van der Waals surface area contributed by atoms with E-state index in [0.29, 0.717) is 35.5 Å². The number of anilines is 2. The first-order chi connectivity index (χ1) is 10.6. The molecule has 2 aromatic rings. The number of aromatic nitrogens is 2. The maximum absolute atomic E-state index is 12.3. The molecule has 0 saturated carbocycles. The van der Waals surface area contributed by atoms with Gasteiger partial charge in [-0.05, 0) is 25.1 Å². The molecule has 7 heteroatoms. The van der Waals surface area contributed by atoms with Crippen molar-refractivity contribution in [2.45, 2.75) is 6.92 Å². The van der Waals surface area contributed by atoms with Crippen LogP contribution in [0, 0.1) is 6.92 Å².